The maximum absolute atomic E-state index is 14.0. The third-order valence-electron chi connectivity index (χ3n) is 7.60. The molecule has 0 N–H and O–H groups in total. The summed E-state index contributed by atoms with van der Waals surface area (Å²) < 4.78 is 27.1. The lowest BCUT2D eigenvalue weighted by Gasteiger charge is -2.37. The van der Waals surface area contributed by atoms with Gasteiger partial charge in [0.2, 0.25) is 11.8 Å². The van der Waals surface area contributed by atoms with Gasteiger partial charge in [-0.05, 0) is 55.9 Å². The highest BCUT2D eigenvalue weighted by molar-refractivity contribution is 5.97. The normalized spacial score (nSPS) is 19.1. The van der Waals surface area contributed by atoms with Crippen molar-refractivity contribution in [3.8, 4) is 0 Å². The lowest BCUT2D eigenvalue weighted by atomic mass is 9.91. The van der Waals surface area contributed by atoms with E-state index in [0.717, 1.165) is 30.8 Å². The average molecular weight is 482 g/mol. The largest absolute Gasteiger partial charge is 0.342 e. The molecule has 3 aliphatic rings. The number of para-hydroxylation sites is 1. The molecule has 2 saturated heterocycles. The van der Waals surface area contributed by atoms with E-state index < -0.39 is 17.5 Å². The molecule has 0 radical (unpaired) electrons. The minimum absolute atomic E-state index is 0.0717. The maximum Gasteiger partial charge on any atom is 0.256 e. The standard InChI is InChI=1S/C27H29F2N3O3/c28-21-5-6-22(23(29)17-21)27(35)31-14-7-19(8-15-31)25(33)30-12-9-20(10-13-30)26(34)32-16-11-18-3-1-2-4-24(18)32/h1-6,17,19-20H,7-16H2. The summed E-state index contributed by atoms with van der Waals surface area (Å²) in [4.78, 5) is 44.2. The van der Waals surface area contributed by atoms with E-state index in [0.29, 0.717) is 57.9 Å². The Kier molecular flexibility index (Phi) is 6.54. The van der Waals surface area contributed by atoms with Gasteiger partial charge in [0.15, 0.2) is 0 Å². The van der Waals surface area contributed by atoms with Crippen molar-refractivity contribution in [2.24, 2.45) is 11.8 Å². The molecule has 2 aromatic rings. The zero-order valence-electron chi connectivity index (χ0n) is 19.6. The number of carbonyl (C=O) groups excluding carboxylic acids is 3. The molecule has 2 fully saturated rings. The number of halogens is 2. The van der Waals surface area contributed by atoms with E-state index in [4.69, 9.17) is 0 Å². The van der Waals surface area contributed by atoms with Crippen molar-refractivity contribution in [2.45, 2.75) is 32.1 Å². The fourth-order valence-corrected chi connectivity index (χ4v) is 5.56. The van der Waals surface area contributed by atoms with Gasteiger partial charge in [-0.2, -0.15) is 0 Å². The maximum atomic E-state index is 14.0. The summed E-state index contributed by atoms with van der Waals surface area (Å²) in [5.74, 6) is -2.10. The second-order valence-electron chi connectivity index (χ2n) is 9.66. The van der Waals surface area contributed by atoms with E-state index >= 15 is 0 Å². The van der Waals surface area contributed by atoms with Gasteiger partial charge in [-0.15, -0.1) is 0 Å². The monoisotopic (exact) mass is 481 g/mol. The van der Waals surface area contributed by atoms with Crippen LogP contribution in [0, 0.1) is 23.5 Å². The van der Waals surface area contributed by atoms with Crippen LogP contribution in [0.1, 0.15) is 41.6 Å². The average Bonchev–Trinajstić information content (AvgIpc) is 3.32. The van der Waals surface area contributed by atoms with Crippen molar-refractivity contribution in [3.05, 3.63) is 65.2 Å². The Morgan fingerprint density at radius 2 is 1.37 bits per heavy atom. The van der Waals surface area contributed by atoms with Crippen LogP contribution in [0.5, 0.6) is 0 Å². The molecule has 0 spiro atoms. The number of benzene rings is 2. The molecule has 2 aromatic carbocycles. The highest BCUT2D eigenvalue weighted by atomic mass is 19.1. The molecule has 3 aliphatic heterocycles. The van der Waals surface area contributed by atoms with Crippen LogP contribution in [0.4, 0.5) is 14.5 Å². The van der Waals surface area contributed by atoms with E-state index in [1.807, 2.05) is 28.0 Å². The quantitative estimate of drug-likeness (QED) is 0.673. The SMILES string of the molecule is O=C(c1ccc(F)cc1F)N1CCC(C(=O)N2CCC(C(=O)N3CCc4ccccc43)CC2)CC1. The molecule has 0 saturated carbocycles. The molecule has 0 aliphatic carbocycles. The van der Waals surface area contributed by atoms with Gasteiger partial charge < -0.3 is 14.7 Å². The van der Waals surface area contributed by atoms with Crippen LogP contribution in [0.3, 0.4) is 0 Å². The van der Waals surface area contributed by atoms with Crippen LogP contribution in [-0.4, -0.2) is 60.2 Å². The van der Waals surface area contributed by atoms with Crippen molar-refractivity contribution in [1.82, 2.24) is 9.80 Å². The topological polar surface area (TPSA) is 60.9 Å². The Morgan fingerprint density at radius 1 is 0.743 bits per heavy atom. The zero-order chi connectivity index (χ0) is 24.5. The predicted molar refractivity (Wildman–Crippen MR) is 127 cm³/mol. The number of hydrogen-bond donors (Lipinski definition) is 0. The summed E-state index contributed by atoms with van der Waals surface area (Å²) in [7, 11) is 0. The third-order valence-corrected chi connectivity index (χ3v) is 7.60. The first-order valence-electron chi connectivity index (χ1n) is 12.3. The Hall–Kier alpha value is -3.29. The second kappa shape index (κ2) is 9.76. The molecule has 184 valence electrons. The molecule has 0 unspecified atom stereocenters. The van der Waals surface area contributed by atoms with E-state index in [2.05, 4.69) is 6.07 Å². The highest BCUT2D eigenvalue weighted by Gasteiger charge is 2.36. The van der Waals surface area contributed by atoms with E-state index in [9.17, 15) is 23.2 Å². The Labute approximate surface area is 203 Å². The van der Waals surface area contributed by atoms with Gasteiger partial charge in [-0.3, -0.25) is 14.4 Å². The number of piperidine rings is 2. The van der Waals surface area contributed by atoms with Gasteiger partial charge in [-0.25, -0.2) is 8.78 Å². The van der Waals surface area contributed by atoms with Crippen LogP contribution in [0.15, 0.2) is 42.5 Å². The number of fused-ring (bicyclic) bond motifs is 1. The van der Waals surface area contributed by atoms with Crippen molar-refractivity contribution >= 4 is 23.4 Å². The minimum atomic E-state index is -0.872. The zero-order valence-corrected chi connectivity index (χ0v) is 19.6. The Morgan fingerprint density at radius 3 is 2.06 bits per heavy atom. The first-order chi connectivity index (χ1) is 16.9. The number of likely N-dealkylation sites (tertiary alicyclic amines) is 2. The number of anilines is 1. The lowest BCUT2D eigenvalue weighted by Crippen LogP contribution is -2.48. The molecular weight excluding hydrogens is 452 g/mol. The summed E-state index contributed by atoms with van der Waals surface area (Å²) in [5.41, 5.74) is 2.07. The van der Waals surface area contributed by atoms with E-state index in [1.54, 1.807) is 0 Å². The van der Waals surface area contributed by atoms with Crippen LogP contribution in [0.25, 0.3) is 0 Å². The Balaban J connectivity index is 1.12. The van der Waals surface area contributed by atoms with Gasteiger partial charge in [0.05, 0.1) is 5.56 Å². The molecule has 0 aromatic heterocycles. The van der Waals surface area contributed by atoms with Gasteiger partial charge in [0.25, 0.3) is 5.91 Å². The lowest BCUT2D eigenvalue weighted by molar-refractivity contribution is -0.139. The van der Waals surface area contributed by atoms with Crippen molar-refractivity contribution in [3.63, 3.8) is 0 Å². The number of carbonyl (C=O) groups is 3. The van der Waals surface area contributed by atoms with Gasteiger partial charge >= 0.3 is 0 Å². The second-order valence-corrected chi connectivity index (χ2v) is 9.66. The smallest absolute Gasteiger partial charge is 0.256 e. The molecule has 6 nitrogen and oxygen atoms in total. The minimum Gasteiger partial charge on any atom is -0.342 e. The fraction of sp³-hybridized carbons (Fsp3) is 0.444. The third kappa shape index (κ3) is 4.66. The summed E-state index contributed by atoms with van der Waals surface area (Å²) in [6.07, 6.45) is 3.22. The molecule has 5 rings (SSSR count). The van der Waals surface area contributed by atoms with Crippen molar-refractivity contribution in [2.75, 3.05) is 37.6 Å². The molecule has 0 atom stereocenters. The predicted octanol–water partition coefficient (Wildman–Crippen LogP) is 3.64. The van der Waals surface area contributed by atoms with Crippen LogP contribution in [-0.2, 0) is 16.0 Å². The summed E-state index contributed by atoms with van der Waals surface area (Å²) in [5, 5.41) is 0. The summed E-state index contributed by atoms with van der Waals surface area (Å²) in [6, 6.07) is 11.0. The molecule has 35 heavy (non-hydrogen) atoms. The molecule has 3 heterocycles. The van der Waals surface area contributed by atoms with Gasteiger partial charge in [-0.1, -0.05) is 18.2 Å². The van der Waals surface area contributed by atoms with E-state index in [-0.39, 0.29) is 29.2 Å². The highest BCUT2D eigenvalue weighted by Crippen LogP contribution is 2.32. The first kappa shape index (κ1) is 23.5. The van der Waals surface area contributed by atoms with E-state index in [1.165, 1.54) is 10.5 Å². The molecule has 8 heteroatoms. The number of nitrogens with zero attached hydrogens (tertiary/aromatic N) is 3. The molecule has 0 bridgehead atoms. The van der Waals surface area contributed by atoms with Crippen LogP contribution < -0.4 is 4.90 Å². The number of amides is 3. The molecular formula is C27H29F2N3O3. The molecule has 3 amide bonds. The first-order valence-corrected chi connectivity index (χ1v) is 12.3. The van der Waals surface area contributed by atoms with Gasteiger partial charge in [0.1, 0.15) is 11.6 Å². The van der Waals surface area contributed by atoms with Crippen LogP contribution >= 0.6 is 0 Å². The summed E-state index contributed by atoms with van der Waals surface area (Å²) in [6.45, 7) is 2.55. The summed E-state index contributed by atoms with van der Waals surface area (Å²) >= 11 is 0. The van der Waals surface area contributed by atoms with Crippen molar-refractivity contribution in [1.29, 1.82) is 0 Å². The number of hydrogen-bond acceptors (Lipinski definition) is 3. The number of rotatable bonds is 3. The fourth-order valence-electron chi connectivity index (χ4n) is 5.56. The van der Waals surface area contributed by atoms with Gasteiger partial charge in [0, 0.05) is 56.3 Å². The van der Waals surface area contributed by atoms with Crippen LogP contribution in [0.2, 0.25) is 0 Å². The Bertz CT molecular complexity index is 1140. The van der Waals surface area contributed by atoms with Crippen molar-refractivity contribution < 1.29 is 23.2 Å².